The fraction of sp³-hybridized carbons (Fsp3) is 0.211. The number of aromatic nitrogens is 2. The van der Waals surface area contributed by atoms with Crippen molar-refractivity contribution < 1.29 is 9.32 Å². The van der Waals surface area contributed by atoms with Gasteiger partial charge in [-0.15, -0.1) is 0 Å². The van der Waals surface area contributed by atoms with Gasteiger partial charge in [-0.25, -0.2) is 0 Å². The molecule has 0 atom stereocenters. The normalized spacial score (nSPS) is 14.3. The first-order valence-corrected chi connectivity index (χ1v) is 8.96. The molecule has 1 saturated heterocycles. The van der Waals surface area contributed by atoms with Crippen LogP contribution in [0.5, 0.6) is 0 Å². The topological polar surface area (TPSA) is 59.2 Å². The van der Waals surface area contributed by atoms with Gasteiger partial charge < -0.3 is 9.42 Å². The maximum Gasteiger partial charge on any atom is 0.255 e. The maximum absolute atomic E-state index is 12.5. The molecule has 0 aliphatic carbocycles. The Balaban J connectivity index is 1.39. The molecule has 0 spiro atoms. The van der Waals surface area contributed by atoms with Crippen LogP contribution >= 0.6 is 23.2 Å². The van der Waals surface area contributed by atoms with Crippen LogP contribution in [0.4, 0.5) is 0 Å². The number of likely N-dealkylation sites (tertiary alicyclic amines) is 1. The van der Waals surface area contributed by atoms with Crippen LogP contribution in [0.1, 0.15) is 33.6 Å². The molecular formula is C19H15Cl2N3O2. The van der Waals surface area contributed by atoms with Crippen LogP contribution < -0.4 is 0 Å². The van der Waals surface area contributed by atoms with Crippen molar-refractivity contribution in [1.29, 1.82) is 0 Å². The molecule has 1 amide bonds. The molecule has 26 heavy (non-hydrogen) atoms. The summed E-state index contributed by atoms with van der Waals surface area (Å²) >= 11 is 12.1. The molecule has 0 N–H and O–H groups in total. The van der Waals surface area contributed by atoms with Gasteiger partial charge in [-0.05, 0) is 23.8 Å². The number of hydrogen-bond acceptors (Lipinski definition) is 4. The Bertz CT molecular complexity index is 937. The number of carbonyl (C=O) groups excluding carboxylic acids is 1. The summed E-state index contributed by atoms with van der Waals surface area (Å²) < 4.78 is 5.37. The average molecular weight is 388 g/mol. The van der Waals surface area contributed by atoms with E-state index in [-0.39, 0.29) is 11.8 Å². The second-order valence-electron chi connectivity index (χ2n) is 6.24. The van der Waals surface area contributed by atoms with Crippen molar-refractivity contribution in [2.75, 3.05) is 13.1 Å². The molecule has 3 aromatic rings. The Morgan fingerprint density at radius 3 is 2.69 bits per heavy atom. The molecule has 2 heterocycles. The zero-order valence-electron chi connectivity index (χ0n) is 13.7. The van der Waals surface area contributed by atoms with Crippen molar-refractivity contribution in [1.82, 2.24) is 15.0 Å². The van der Waals surface area contributed by atoms with E-state index in [1.165, 1.54) is 0 Å². The molecule has 1 fully saturated rings. The van der Waals surface area contributed by atoms with Crippen molar-refractivity contribution in [3.8, 4) is 0 Å². The lowest BCUT2D eigenvalue weighted by Crippen LogP contribution is -2.48. The molecule has 2 aromatic carbocycles. The van der Waals surface area contributed by atoms with Gasteiger partial charge in [0.25, 0.3) is 5.91 Å². The molecular weight excluding hydrogens is 373 g/mol. The highest BCUT2D eigenvalue weighted by Gasteiger charge is 2.36. The molecule has 1 aliphatic heterocycles. The average Bonchev–Trinajstić information content (AvgIpc) is 3.04. The second kappa shape index (κ2) is 7.09. The summed E-state index contributed by atoms with van der Waals surface area (Å²) in [6.07, 6.45) is 0.623. The first kappa shape index (κ1) is 17.1. The first-order chi connectivity index (χ1) is 12.6. The van der Waals surface area contributed by atoms with Gasteiger partial charge in [-0.3, -0.25) is 4.79 Å². The summed E-state index contributed by atoms with van der Waals surface area (Å²) in [5.41, 5.74) is 1.54. The number of rotatable bonds is 4. The molecule has 0 saturated carbocycles. The number of halogens is 2. The van der Waals surface area contributed by atoms with Crippen molar-refractivity contribution in [3.63, 3.8) is 0 Å². The minimum atomic E-state index is -0.141. The summed E-state index contributed by atoms with van der Waals surface area (Å²) in [6, 6.07) is 14.8. The van der Waals surface area contributed by atoms with E-state index in [1.807, 2.05) is 30.3 Å². The van der Waals surface area contributed by atoms with Gasteiger partial charge in [-0.1, -0.05) is 58.7 Å². The quantitative estimate of drug-likeness (QED) is 0.672. The van der Waals surface area contributed by atoms with Crippen molar-refractivity contribution >= 4 is 29.1 Å². The molecule has 7 heteroatoms. The zero-order valence-corrected chi connectivity index (χ0v) is 15.2. The van der Waals surface area contributed by atoms with Gasteiger partial charge in [0, 0.05) is 24.5 Å². The summed E-state index contributed by atoms with van der Waals surface area (Å²) in [5, 5.41) is 4.92. The number of amides is 1. The predicted molar refractivity (Wildman–Crippen MR) is 98.7 cm³/mol. The number of carbonyl (C=O) groups is 1. The molecule has 5 nitrogen and oxygen atoms in total. The number of hydrogen-bond donors (Lipinski definition) is 0. The molecule has 132 valence electrons. The molecule has 0 radical (unpaired) electrons. The predicted octanol–water partition coefficient (Wildman–Crippen LogP) is 4.21. The monoisotopic (exact) mass is 387 g/mol. The highest BCUT2D eigenvalue weighted by molar-refractivity contribution is 6.35. The van der Waals surface area contributed by atoms with Crippen molar-refractivity contribution in [2.24, 2.45) is 0 Å². The fourth-order valence-electron chi connectivity index (χ4n) is 2.92. The van der Waals surface area contributed by atoms with E-state index in [9.17, 15) is 4.79 Å². The highest BCUT2D eigenvalue weighted by Crippen LogP contribution is 2.30. The van der Waals surface area contributed by atoms with Gasteiger partial charge in [0.1, 0.15) is 0 Å². The van der Waals surface area contributed by atoms with Crippen molar-refractivity contribution in [3.05, 3.63) is 81.4 Å². The molecule has 1 aliphatic rings. The fourth-order valence-corrected chi connectivity index (χ4v) is 3.29. The Labute approximate surface area is 160 Å². The Hall–Kier alpha value is -2.37. The number of nitrogens with zero attached hydrogens (tertiary/aromatic N) is 3. The first-order valence-electron chi connectivity index (χ1n) is 8.21. The summed E-state index contributed by atoms with van der Waals surface area (Å²) in [6.45, 7) is 1.04. The third kappa shape index (κ3) is 3.45. The van der Waals surface area contributed by atoms with Gasteiger partial charge in [-0.2, -0.15) is 4.98 Å². The van der Waals surface area contributed by atoms with Crippen LogP contribution in [0.3, 0.4) is 0 Å². The van der Waals surface area contributed by atoms with E-state index >= 15 is 0 Å². The van der Waals surface area contributed by atoms with Gasteiger partial charge in [0.2, 0.25) is 5.89 Å². The third-order valence-corrected chi connectivity index (χ3v) is 4.93. The van der Waals surface area contributed by atoms with Gasteiger partial charge in [0.05, 0.1) is 16.5 Å². The molecule has 4 rings (SSSR count). The van der Waals surface area contributed by atoms with E-state index in [2.05, 4.69) is 10.1 Å². The van der Waals surface area contributed by atoms with E-state index in [0.29, 0.717) is 46.8 Å². The van der Waals surface area contributed by atoms with Crippen LogP contribution in [0.25, 0.3) is 0 Å². The Kier molecular flexibility index (Phi) is 4.66. The minimum Gasteiger partial charge on any atom is -0.339 e. The zero-order chi connectivity index (χ0) is 18.1. The molecule has 0 bridgehead atoms. The van der Waals surface area contributed by atoms with Gasteiger partial charge >= 0.3 is 0 Å². The summed E-state index contributed by atoms with van der Waals surface area (Å²) in [7, 11) is 0. The minimum absolute atomic E-state index is 0.0499. The van der Waals surface area contributed by atoms with E-state index in [0.717, 1.165) is 5.56 Å². The van der Waals surface area contributed by atoms with E-state index < -0.39 is 0 Å². The lowest BCUT2D eigenvalue weighted by Gasteiger charge is -2.37. The van der Waals surface area contributed by atoms with Crippen LogP contribution in [0.15, 0.2) is 53.1 Å². The summed E-state index contributed by atoms with van der Waals surface area (Å²) in [4.78, 5) is 18.7. The lowest BCUT2D eigenvalue weighted by molar-refractivity contribution is 0.0569. The second-order valence-corrected chi connectivity index (χ2v) is 7.09. The van der Waals surface area contributed by atoms with E-state index in [4.69, 9.17) is 27.7 Å². The molecule has 1 aromatic heterocycles. The van der Waals surface area contributed by atoms with Crippen LogP contribution in [0, 0.1) is 0 Å². The molecule has 0 unspecified atom stereocenters. The Morgan fingerprint density at radius 1 is 1.15 bits per heavy atom. The Morgan fingerprint density at radius 2 is 1.92 bits per heavy atom. The maximum atomic E-state index is 12.5. The van der Waals surface area contributed by atoms with Crippen LogP contribution in [-0.2, 0) is 6.42 Å². The highest BCUT2D eigenvalue weighted by atomic mass is 35.5. The lowest BCUT2D eigenvalue weighted by atomic mass is 9.98. The number of benzene rings is 2. The largest absolute Gasteiger partial charge is 0.339 e. The standard InChI is InChI=1S/C19H15Cl2N3O2/c20-14-6-7-16(21)15(9-14)19(25)24-10-13(11-24)18-22-17(23-26-18)8-12-4-2-1-3-5-12/h1-7,9,13H,8,10-11H2. The summed E-state index contributed by atoms with van der Waals surface area (Å²) in [5.74, 6) is 1.12. The SMILES string of the molecule is O=C(c1cc(Cl)ccc1Cl)N1CC(c2nc(Cc3ccccc3)no2)C1. The van der Waals surface area contributed by atoms with Crippen LogP contribution in [0.2, 0.25) is 10.0 Å². The van der Waals surface area contributed by atoms with E-state index in [1.54, 1.807) is 23.1 Å². The van der Waals surface area contributed by atoms with Gasteiger partial charge in [0.15, 0.2) is 5.82 Å². The van der Waals surface area contributed by atoms with Crippen LogP contribution in [-0.4, -0.2) is 34.0 Å². The third-order valence-electron chi connectivity index (χ3n) is 4.37. The van der Waals surface area contributed by atoms with Crippen molar-refractivity contribution in [2.45, 2.75) is 12.3 Å². The smallest absolute Gasteiger partial charge is 0.255 e.